The first-order chi connectivity index (χ1) is 14.5. The number of aromatic nitrogens is 1. The number of para-hydroxylation sites is 1. The van der Waals surface area contributed by atoms with Gasteiger partial charge in [0.2, 0.25) is 5.91 Å². The third-order valence-corrected chi connectivity index (χ3v) is 6.44. The summed E-state index contributed by atoms with van der Waals surface area (Å²) in [4.78, 5) is 27.9. The molecule has 1 aromatic heterocycles. The molecule has 3 N–H and O–H groups in total. The van der Waals surface area contributed by atoms with E-state index >= 15 is 0 Å². The Morgan fingerprint density at radius 1 is 1.23 bits per heavy atom. The van der Waals surface area contributed by atoms with Crippen molar-refractivity contribution in [1.82, 2.24) is 15.6 Å². The fourth-order valence-corrected chi connectivity index (χ4v) is 4.96. The normalized spacial score (nSPS) is 23.5. The zero-order valence-corrected chi connectivity index (χ0v) is 16.2. The van der Waals surface area contributed by atoms with Gasteiger partial charge >= 0.3 is 0 Å². The van der Waals surface area contributed by atoms with E-state index in [0.717, 1.165) is 24.6 Å². The highest BCUT2D eigenvalue weighted by molar-refractivity contribution is 6.05. The van der Waals surface area contributed by atoms with Crippen LogP contribution in [-0.2, 0) is 11.2 Å². The molecule has 6 nitrogen and oxygen atoms in total. The minimum Gasteiger partial charge on any atom is -0.339 e. The second-order valence-corrected chi connectivity index (χ2v) is 8.30. The van der Waals surface area contributed by atoms with Crippen molar-refractivity contribution >= 4 is 27.6 Å². The summed E-state index contributed by atoms with van der Waals surface area (Å²) >= 11 is 0. The van der Waals surface area contributed by atoms with E-state index < -0.39 is 11.9 Å². The molecule has 3 aromatic rings. The van der Waals surface area contributed by atoms with Gasteiger partial charge in [-0.3, -0.25) is 9.59 Å². The highest BCUT2D eigenvalue weighted by atomic mass is 19.1. The van der Waals surface area contributed by atoms with Crippen molar-refractivity contribution in [2.45, 2.75) is 43.8 Å². The van der Waals surface area contributed by atoms with E-state index in [4.69, 9.17) is 0 Å². The van der Waals surface area contributed by atoms with Crippen molar-refractivity contribution in [1.29, 1.82) is 5.26 Å². The zero-order chi connectivity index (χ0) is 20.8. The Morgan fingerprint density at radius 2 is 2.07 bits per heavy atom. The van der Waals surface area contributed by atoms with Crippen LogP contribution in [-0.4, -0.2) is 29.0 Å². The largest absolute Gasteiger partial charge is 0.339 e. The van der Waals surface area contributed by atoms with Crippen LogP contribution in [0.5, 0.6) is 0 Å². The maximum absolute atomic E-state index is 14.9. The van der Waals surface area contributed by atoms with Crippen LogP contribution in [0.25, 0.3) is 21.7 Å². The molecule has 5 rings (SSSR count). The fourth-order valence-electron chi connectivity index (χ4n) is 4.96. The topological polar surface area (TPSA) is 97.8 Å². The molecule has 2 fully saturated rings. The average Bonchev–Trinajstić information content (AvgIpc) is 3.38. The van der Waals surface area contributed by atoms with E-state index in [9.17, 15) is 19.2 Å². The summed E-state index contributed by atoms with van der Waals surface area (Å²) < 4.78 is 14.9. The van der Waals surface area contributed by atoms with Gasteiger partial charge in [-0.25, -0.2) is 4.39 Å². The van der Waals surface area contributed by atoms with Crippen molar-refractivity contribution in [2.24, 2.45) is 5.92 Å². The van der Waals surface area contributed by atoms with E-state index in [-0.39, 0.29) is 29.5 Å². The molecule has 152 valence electrons. The molecule has 1 aliphatic heterocycles. The van der Waals surface area contributed by atoms with Gasteiger partial charge in [0.05, 0.1) is 12.1 Å². The van der Waals surface area contributed by atoms with Crippen LogP contribution in [0.2, 0.25) is 0 Å². The Kier molecular flexibility index (Phi) is 4.52. The van der Waals surface area contributed by atoms with E-state index in [2.05, 4.69) is 21.7 Å². The van der Waals surface area contributed by atoms with Gasteiger partial charge in [0.1, 0.15) is 11.9 Å². The summed E-state index contributed by atoms with van der Waals surface area (Å²) in [5.74, 6) is -0.400. The van der Waals surface area contributed by atoms with Crippen LogP contribution >= 0.6 is 0 Å². The number of aromatic amines is 1. The Labute approximate surface area is 172 Å². The number of H-pyrrole nitrogens is 1. The molecule has 0 unspecified atom stereocenters. The number of amides is 1. The zero-order valence-electron chi connectivity index (χ0n) is 16.2. The number of carbonyl (C=O) groups excluding carboxylic acids is 1. The summed E-state index contributed by atoms with van der Waals surface area (Å²) in [5, 5.41) is 17.2. The molecule has 1 saturated heterocycles. The number of benzene rings is 2. The molecule has 1 aliphatic carbocycles. The lowest BCUT2D eigenvalue weighted by Crippen LogP contribution is -2.50. The summed E-state index contributed by atoms with van der Waals surface area (Å²) in [7, 11) is 0. The number of rotatable bonds is 4. The molecule has 1 saturated carbocycles. The van der Waals surface area contributed by atoms with Gasteiger partial charge in [0.25, 0.3) is 5.56 Å². The third-order valence-electron chi connectivity index (χ3n) is 6.44. The number of hydrogen-bond donors (Lipinski definition) is 3. The Bertz CT molecular complexity index is 1260. The summed E-state index contributed by atoms with van der Waals surface area (Å²) in [5.41, 5.74) is 0.562. The van der Waals surface area contributed by atoms with E-state index in [0.29, 0.717) is 28.2 Å². The van der Waals surface area contributed by atoms with Gasteiger partial charge in [-0.2, -0.15) is 5.26 Å². The van der Waals surface area contributed by atoms with Crippen LogP contribution in [0.1, 0.15) is 24.8 Å². The number of nitriles is 1. The smallest absolute Gasteiger partial charge is 0.256 e. The van der Waals surface area contributed by atoms with E-state index in [1.54, 1.807) is 12.1 Å². The minimum atomic E-state index is -0.870. The molecule has 2 heterocycles. The van der Waals surface area contributed by atoms with Gasteiger partial charge in [0, 0.05) is 28.8 Å². The van der Waals surface area contributed by atoms with Crippen LogP contribution < -0.4 is 16.2 Å². The Morgan fingerprint density at radius 3 is 2.80 bits per heavy atom. The van der Waals surface area contributed by atoms with Crippen molar-refractivity contribution in [2.75, 3.05) is 0 Å². The van der Waals surface area contributed by atoms with E-state index in [1.165, 1.54) is 12.1 Å². The summed E-state index contributed by atoms with van der Waals surface area (Å²) in [6.07, 6.45) is 3.09. The average molecular weight is 404 g/mol. The Balaban J connectivity index is 1.42. The maximum Gasteiger partial charge on any atom is 0.256 e. The minimum absolute atomic E-state index is 0.00288. The highest BCUT2D eigenvalue weighted by Gasteiger charge is 2.43. The molecule has 2 bridgehead atoms. The quantitative estimate of drug-likeness (QED) is 0.582. The number of nitrogens with zero attached hydrogens (tertiary/aromatic N) is 1. The predicted molar refractivity (Wildman–Crippen MR) is 111 cm³/mol. The first kappa shape index (κ1) is 18.8. The lowest BCUT2D eigenvalue weighted by atomic mass is 9.97. The lowest BCUT2D eigenvalue weighted by molar-refractivity contribution is -0.124. The molecule has 4 atom stereocenters. The second kappa shape index (κ2) is 7.22. The lowest BCUT2D eigenvalue weighted by Gasteiger charge is -2.23. The van der Waals surface area contributed by atoms with Crippen LogP contribution in [0, 0.1) is 23.1 Å². The van der Waals surface area contributed by atoms with Crippen molar-refractivity contribution in [3.05, 3.63) is 58.1 Å². The number of pyridine rings is 1. The van der Waals surface area contributed by atoms with Crippen molar-refractivity contribution in [3.8, 4) is 6.07 Å². The van der Waals surface area contributed by atoms with E-state index in [1.807, 2.05) is 12.1 Å². The SMILES string of the molecule is N#C[C@H](Cc1cc2c(=O)[nH]c3ccccc3c2cc1F)NC(=O)[C@H]1N[C@@H]2CC[C@H]1C2. The van der Waals surface area contributed by atoms with Crippen LogP contribution in [0.15, 0.2) is 41.2 Å². The second-order valence-electron chi connectivity index (χ2n) is 8.30. The van der Waals surface area contributed by atoms with Crippen LogP contribution in [0.3, 0.4) is 0 Å². The van der Waals surface area contributed by atoms with Gasteiger partial charge in [-0.05, 0) is 54.3 Å². The van der Waals surface area contributed by atoms with Gasteiger partial charge < -0.3 is 15.6 Å². The number of fused-ring (bicyclic) bond motifs is 5. The van der Waals surface area contributed by atoms with Crippen molar-refractivity contribution in [3.63, 3.8) is 0 Å². The molecule has 30 heavy (non-hydrogen) atoms. The highest BCUT2D eigenvalue weighted by Crippen LogP contribution is 2.35. The van der Waals surface area contributed by atoms with Gasteiger partial charge in [-0.15, -0.1) is 0 Å². The van der Waals surface area contributed by atoms with Gasteiger partial charge in [-0.1, -0.05) is 18.2 Å². The molecular formula is C23H21FN4O2. The molecule has 0 spiro atoms. The number of carbonyl (C=O) groups is 1. The third kappa shape index (κ3) is 3.14. The molecule has 1 amide bonds. The van der Waals surface area contributed by atoms with Crippen LogP contribution in [0.4, 0.5) is 4.39 Å². The number of hydrogen-bond acceptors (Lipinski definition) is 4. The molecular weight excluding hydrogens is 383 g/mol. The Hall–Kier alpha value is -3.24. The monoisotopic (exact) mass is 404 g/mol. The molecule has 2 aliphatic rings. The molecule has 2 aromatic carbocycles. The van der Waals surface area contributed by atoms with Crippen molar-refractivity contribution < 1.29 is 9.18 Å². The number of nitrogens with one attached hydrogen (secondary N) is 3. The summed E-state index contributed by atoms with van der Waals surface area (Å²) in [6, 6.07) is 11.3. The van der Waals surface area contributed by atoms with Gasteiger partial charge in [0.15, 0.2) is 0 Å². The predicted octanol–water partition coefficient (Wildman–Crippen LogP) is 2.51. The number of halogens is 1. The first-order valence-corrected chi connectivity index (χ1v) is 10.2. The summed E-state index contributed by atoms with van der Waals surface area (Å²) in [6.45, 7) is 0. The fraction of sp³-hybridized carbons (Fsp3) is 0.348. The maximum atomic E-state index is 14.9. The molecule has 7 heteroatoms. The first-order valence-electron chi connectivity index (χ1n) is 10.2. The standard InChI is InChI=1S/C23H21FN4O2/c24-19-10-17-16-3-1-2-4-20(16)28-22(29)18(17)9-13(19)8-15(11-25)27-23(30)21-12-5-6-14(7-12)26-21/h1-4,9-10,12,14-15,21,26H,5-8H2,(H,27,30)(H,28,29)/t12-,14+,15-,21-/m0/s1. The molecule has 0 radical (unpaired) electrons. The number of piperidine rings is 1.